The molecule has 27 heavy (non-hydrogen) atoms. The van der Waals surface area contributed by atoms with Gasteiger partial charge in [0.25, 0.3) is 5.91 Å². The fraction of sp³-hybridized carbons (Fsp3) is 0.409. The number of carbonyl (C=O) groups excluding carboxylic acids is 1. The minimum atomic E-state index is -0.226. The van der Waals surface area contributed by atoms with Gasteiger partial charge in [-0.25, -0.2) is 4.39 Å². The third-order valence-corrected chi connectivity index (χ3v) is 6.67. The number of fused-ring (bicyclic) bond motifs is 2. The van der Waals surface area contributed by atoms with Gasteiger partial charge in [0.1, 0.15) is 11.6 Å². The Bertz CT molecular complexity index is 844. The van der Waals surface area contributed by atoms with Gasteiger partial charge in [-0.2, -0.15) is 0 Å². The van der Waals surface area contributed by atoms with Gasteiger partial charge in [-0.15, -0.1) is 0 Å². The van der Waals surface area contributed by atoms with E-state index < -0.39 is 0 Å². The summed E-state index contributed by atoms with van der Waals surface area (Å²) < 4.78 is 13.4. The molecule has 0 unspecified atom stereocenters. The summed E-state index contributed by atoms with van der Waals surface area (Å²) in [5.41, 5.74) is 1.72. The first-order valence-electron chi connectivity index (χ1n) is 9.71. The number of amides is 1. The van der Waals surface area contributed by atoms with Crippen LogP contribution in [0, 0.1) is 11.7 Å². The van der Waals surface area contributed by atoms with E-state index in [9.17, 15) is 14.3 Å². The quantitative estimate of drug-likeness (QED) is 0.887. The Kier molecular flexibility index (Phi) is 3.93. The van der Waals surface area contributed by atoms with Crippen molar-refractivity contribution >= 4 is 5.91 Å². The molecule has 0 spiro atoms. The number of halogens is 1. The second kappa shape index (κ2) is 6.34. The number of hydrogen-bond acceptors (Lipinski definition) is 3. The Balaban J connectivity index is 1.51. The fourth-order valence-corrected chi connectivity index (χ4v) is 5.43. The van der Waals surface area contributed by atoms with Crippen molar-refractivity contribution in [2.75, 3.05) is 19.6 Å². The van der Waals surface area contributed by atoms with Crippen molar-refractivity contribution < 1.29 is 14.3 Å². The average Bonchev–Trinajstić information content (AvgIpc) is 3.12. The van der Waals surface area contributed by atoms with Crippen molar-refractivity contribution in [3.05, 3.63) is 65.5 Å². The topological polar surface area (TPSA) is 43.8 Å². The van der Waals surface area contributed by atoms with Gasteiger partial charge in [0.05, 0.1) is 6.04 Å². The number of phenolic OH excluding ortho intramolecular Hbond substituents is 1. The molecule has 1 amide bonds. The van der Waals surface area contributed by atoms with Crippen molar-refractivity contribution in [2.24, 2.45) is 5.92 Å². The number of phenols is 1. The second-order valence-corrected chi connectivity index (χ2v) is 8.02. The van der Waals surface area contributed by atoms with E-state index in [0.717, 1.165) is 31.5 Å². The van der Waals surface area contributed by atoms with Gasteiger partial charge in [0.15, 0.2) is 0 Å². The molecule has 3 atom stereocenters. The Morgan fingerprint density at radius 2 is 1.63 bits per heavy atom. The third kappa shape index (κ3) is 2.72. The van der Waals surface area contributed by atoms with Gasteiger partial charge >= 0.3 is 0 Å². The maximum atomic E-state index is 13.4. The monoisotopic (exact) mass is 366 g/mol. The predicted octanol–water partition coefficient (Wildman–Crippen LogP) is 3.23. The van der Waals surface area contributed by atoms with E-state index >= 15 is 0 Å². The van der Waals surface area contributed by atoms with Gasteiger partial charge in [0.2, 0.25) is 0 Å². The lowest BCUT2D eigenvalue weighted by molar-refractivity contribution is -0.00340. The molecule has 0 aromatic heterocycles. The van der Waals surface area contributed by atoms with Crippen LogP contribution in [-0.4, -0.2) is 52.5 Å². The Morgan fingerprint density at radius 1 is 0.963 bits per heavy atom. The van der Waals surface area contributed by atoms with E-state index in [1.165, 1.54) is 12.1 Å². The van der Waals surface area contributed by atoms with Crippen molar-refractivity contribution in [2.45, 2.75) is 30.8 Å². The molecule has 6 rings (SSSR count). The van der Waals surface area contributed by atoms with Crippen LogP contribution in [-0.2, 0) is 0 Å². The van der Waals surface area contributed by atoms with Crippen molar-refractivity contribution in [1.82, 2.24) is 9.80 Å². The van der Waals surface area contributed by atoms with Gasteiger partial charge < -0.3 is 10.0 Å². The number of rotatable bonds is 2. The van der Waals surface area contributed by atoms with Gasteiger partial charge in [-0.1, -0.05) is 12.1 Å². The van der Waals surface area contributed by atoms with Crippen LogP contribution in [0.4, 0.5) is 4.39 Å². The number of hydrogen-bond donors (Lipinski definition) is 1. The molecule has 2 aromatic carbocycles. The SMILES string of the molecule is O=C(c1ccc(O)cc1)N1C[C@@H](c2ccc(F)cc2)[C@@H]2[C@H]1C1CCN2CC1. The summed E-state index contributed by atoms with van der Waals surface area (Å²) in [6.45, 7) is 2.84. The van der Waals surface area contributed by atoms with Crippen LogP contribution in [0.15, 0.2) is 48.5 Å². The number of aromatic hydroxyl groups is 1. The van der Waals surface area contributed by atoms with Crippen molar-refractivity contribution in [1.29, 1.82) is 0 Å². The number of carbonyl (C=O) groups is 1. The molecule has 4 saturated heterocycles. The van der Waals surface area contributed by atoms with E-state index in [1.807, 2.05) is 17.0 Å². The normalized spacial score (nSPS) is 31.7. The molecule has 5 heteroatoms. The zero-order valence-corrected chi connectivity index (χ0v) is 15.1. The number of likely N-dealkylation sites (tertiary alicyclic amines) is 1. The zero-order valence-electron chi connectivity index (χ0n) is 15.1. The summed E-state index contributed by atoms with van der Waals surface area (Å²) >= 11 is 0. The smallest absolute Gasteiger partial charge is 0.254 e. The van der Waals surface area contributed by atoms with Crippen molar-refractivity contribution in [3.63, 3.8) is 0 Å². The van der Waals surface area contributed by atoms with Crippen LogP contribution in [0.25, 0.3) is 0 Å². The second-order valence-electron chi connectivity index (χ2n) is 8.02. The van der Waals surface area contributed by atoms with E-state index in [-0.39, 0.29) is 29.4 Å². The highest BCUT2D eigenvalue weighted by Crippen LogP contribution is 2.47. The summed E-state index contributed by atoms with van der Waals surface area (Å²) in [5, 5.41) is 9.53. The van der Waals surface area contributed by atoms with E-state index in [0.29, 0.717) is 24.1 Å². The third-order valence-electron chi connectivity index (χ3n) is 6.67. The lowest BCUT2D eigenvalue weighted by Crippen LogP contribution is -2.60. The van der Waals surface area contributed by atoms with Crippen LogP contribution in [0.1, 0.15) is 34.7 Å². The fourth-order valence-electron chi connectivity index (χ4n) is 5.43. The van der Waals surface area contributed by atoms with E-state index in [1.54, 1.807) is 24.3 Å². The van der Waals surface area contributed by atoms with E-state index in [4.69, 9.17) is 0 Å². The first-order chi connectivity index (χ1) is 13.1. The summed E-state index contributed by atoms with van der Waals surface area (Å²) in [6.07, 6.45) is 2.27. The van der Waals surface area contributed by atoms with Gasteiger partial charge in [-0.3, -0.25) is 9.69 Å². The van der Waals surface area contributed by atoms with E-state index in [2.05, 4.69) is 4.90 Å². The molecule has 2 aromatic rings. The van der Waals surface area contributed by atoms with Crippen molar-refractivity contribution in [3.8, 4) is 5.75 Å². The molecule has 4 heterocycles. The molecule has 2 bridgehead atoms. The molecule has 4 nitrogen and oxygen atoms in total. The largest absolute Gasteiger partial charge is 0.508 e. The lowest BCUT2D eigenvalue weighted by Gasteiger charge is -2.51. The number of piperidine rings is 3. The maximum absolute atomic E-state index is 13.4. The molecule has 0 aliphatic carbocycles. The summed E-state index contributed by atoms with van der Waals surface area (Å²) in [7, 11) is 0. The minimum absolute atomic E-state index is 0.0309. The van der Waals surface area contributed by atoms with Crippen LogP contribution in [0.5, 0.6) is 5.75 Å². The summed E-state index contributed by atoms with van der Waals surface area (Å²) in [5.74, 6) is 0.711. The Hall–Kier alpha value is -2.40. The first-order valence-corrected chi connectivity index (χ1v) is 9.71. The molecule has 4 aliphatic heterocycles. The van der Waals surface area contributed by atoms with Gasteiger partial charge in [-0.05, 0) is 73.8 Å². The first kappa shape index (κ1) is 16.8. The molecule has 4 fully saturated rings. The zero-order chi connectivity index (χ0) is 18.5. The molecule has 4 aliphatic rings. The standard InChI is InChI=1S/C22H23FN2O2/c23-17-5-1-14(2-6-17)19-13-25(22(27)16-3-7-18(26)8-4-16)20-15-9-11-24(12-10-15)21(19)20/h1-8,15,19-21,26H,9-13H2/t19-,20+,21+/m0/s1. The number of benzene rings is 2. The molecular formula is C22H23FN2O2. The van der Waals surface area contributed by atoms with Crippen LogP contribution in [0.3, 0.4) is 0 Å². The Morgan fingerprint density at radius 3 is 2.30 bits per heavy atom. The Labute approximate surface area is 158 Å². The molecule has 0 saturated carbocycles. The molecule has 140 valence electrons. The van der Waals surface area contributed by atoms with Gasteiger partial charge in [0, 0.05) is 24.1 Å². The van der Waals surface area contributed by atoms with Crippen LogP contribution >= 0.6 is 0 Å². The minimum Gasteiger partial charge on any atom is -0.508 e. The molecule has 1 N–H and O–H groups in total. The number of nitrogens with zero attached hydrogens (tertiary/aromatic N) is 2. The van der Waals surface area contributed by atoms with Crippen LogP contribution < -0.4 is 0 Å². The highest BCUT2D eigenvalue weighted by Gasteiger charge is 2.54. The molecular weight excluding hydrogens is 343 g/mol. The summed E-state index contributed by atoms with van der Waals surface area (Å²) in [4.78, 5) is 17.9. The van der Waals surface area contributed by atoms with Crippen LogP contribution in [0.2, 0.25) is 0 Å². The summed E-state index contributed by atoms with van der Waals surface area (Å²) in [6, 6.07) is 13.8. The lowest BCUT2D eigenvalue weighted by atomic mass is 9.75. The highest BCUT2D eigenvalue weighted by atomic mass is 19.1. The average molecular weight is 366 g/mol. The highest BCUT2D eigenvalue weighted by molar-refractivity contribution is 5.95. The predicted molar refractivity (Wildman–Crippen MR) is 100 cm³/mol. The maximum Gasteiger partial charge on any atom is 0.254 e. The molecule has 0 radical (unpaired) electrons.